The Morgan fingerprint density at radius 2 is 2.12 bits per heavy atom. The molecule has 0 spiro atoms. The molecule has 1 aromatic heterocycles. The Balaban J connectivity index is 2.27. The fraction of sp³-hybridized carbons (Fsp3) is 0.100. The molecule has 86 valence electrons. The lowest BCUT2D eigenvalue weighted by Gasteiger charge is -2.01. The summed E-state index contributed by atoms with van der Waals surface area (Å²) < 4.78 is 1.75. The molecule has 0 aliphatic rings. The molecule has 0 radical (unpaired) electrons. The van der Waals surface area contributed by atoms with Gasteiger partial charge in [0.25, 0.3) is 0 Å². The van der Waals surface area contributed by atoms with Gasteiger partial charge in [-0.05, 0) is 24.5 Å². The standard InChI is InChI=1S/C10H8N4S3/c1-15-9-13-14-10(17-9)16-8-3-2-7(12)4-6(8)5-11/h2-4H,12H2,1H3. The number of nitriles is 1. The Morgan fingerprint density at radius 3 is 2.76 bits per heavy atom. The van der Waals surface area contributed by atoms with E-state index in [1.54, 1.807) is 23.9 Å². The molecule has 1 aromatic carbocycles. The van der Waals surface area contributed by atoms with Crippen molar-refractivity contribution in [2.75, 3.05) is 12.0 Å². The largest absolute Gasteiger partial charge is 0.399 e. The van der Waals surface area contributed by atoms with E-state index in [1.807, 2.05) is 12.3 Å². The number of rotatable bonds is 3. The van der Waals surface area contributed by atoms with Crippen LogP contribution in [0, 0.1) is 11.3 Å². The number of anilines is 1. The SMILES string of the molecule is CSc1nnc(Sc2ccc(N)cc2C#N)s1. The summed E-state index contributed by atoms with van der Waals surface area (Å²) in [4.78, 5) is 0.852. The van der Waals surface area contributed by atoms with Crippen molar-refractivity contribution in [2.45, 2.75) is 13.6 Å². The summed E-state index contributed by atoms with van der Waals surface area (Å²) in [5, 5.41) is 17.1. The molecule has 0 bridgehead atoms. The van der Waals surface area contributed by atoms with Crippen LogP contribution in [0.4, 0.5) is 5.69 Å². The maximum atomic E-state index is 9.02. The van der Waals surface area contributed by atoms with E-state index >= 15 is 0 Å². The molecule has 0 saturated heterocycles. The first-order valence-corrected chi connectivity index (χ1v) is 7.43. The third kappa shape index (κ3) is 2.91. The van der Waals surface area contributed by atoms with Crippen LogP contribution >= 0.6 is 34.9 Å². The summed E-state index contributed by atoms with van der Waals surface area (Å²) in [5.41, 5.74) is 6.79. The van der Waals surface area contributed by atoms with Crippen molar-refractivity contribution in [1.29, 1.82) is 5.26 Å². The highest BCUT2D eigenvalue weighted by molar-refractivity contribution is 8.03. The molecule has 0 fully saturated rings. The second-order valence-electron chi connectivity index (χ2n) is 3.01. The van der Waals surface area contributed by atoms with Gasteiger partial charge in [0.05, 0.1) is 5.56 Å². The lowest BCUT2D eigenvalue weighted by atomic mass is 10.2. The number of hydrogen-bond donors (Lipinski definition) is 1. The monoisotopic (exact) mass is 280 g/mol. The average molecular weight is 280 g/mol. The van der Waals surface area contributed by atoms with Gasteiger partial charge in [-0.15, -0.1) is 10.2 Å². The number of nitrogens with two attached hydrogens (primary N) is 1. The minimum absolute atomic E-state index is 0.566. The van der Waals surface area contributed by atoms with Crippen molar-refractivity contribution in [2.24, 2.45) is 0 Å². The first-order chi connectivity index (χ1) is 8.22. The molecular formula is C10H8N4S3. The second kappa shape index (κ2) is 5.40. The Bertz CT molecular complexity index is 573. The Morgan fingerprint density at radius 1 is 1.35 bits per heavy atom. The molecule has 4 nitrogen and oxygen atoms in total. The fourth-order valence-electron chi connectivity index (χ4n) is 1.14. The molecule has 0 saturated carbocycles. The summed E-state index contributed by atoms with van der Waals surface area (Å²) in [7, 11) is 0. The first kappa shape index (κ1) is 12.2. The van der Waals surface area contributed by atoms with Crippen molar-refractivity contribution in [3.05, 3.63) is 23.8 Å². The van der Waals surface area contributed by atoms with Gasteiger partial charge in [-0.1, -0.05) is 34.9 Å². The summed E-state index contributed by atoms with van der Waals surface area (Å²) in [6, 6.07) is 7.40. The zero-order valence-electron chi connectivity index (χ0n) is 8.88. The minimum atomic E-state index is 0.566. The fourth-order valence-corrected chi connectivity index (χ4v) is 3.60. The van der Waals surface area contributed by atoms with Crippen LogP contribution in [0.1, 0.15) is 5.56 Å². The van der Waals surface area contributed by atoms with Crippen LogP contribution in [0.5, 0.6) is 0 Å². The van der Waals surface area contributed by atoms with E-state index in [2.05, 4.69) is 16.3 Å². The Labute approximate surface area is 111 Å². The molecule has 2 rings (SSSR count). The quantitative estimate of drug-likeness (QED) is 0.688. The van der Waals surface area contributed by atoms with Crippen molar-refractivity contribution < 1.29 is 0 Å². The normalized spacial score (nSPS) is 10.1. The van der Waals surface area contributed by atoms with Gasteiger partial charge in [0.1, 0.15) is 6.07 Å². The number of aromatic nitrogens is 2. The molecular weight excluding hydrogens is 272 g/mol. The van der Waals surface area contributed by atoms with E-state index in [1.165, 1.54) is 23.1 Å². The number of nitrogen functional groups attached to an aromatic ring is 1. The lowest BCUT2D eigenvalue weighted by Crippen LogP contribution is -1.87. The molecule has 0 amide bonds. The molecule has 0 unspecified atom stereocenters. The summed E-state index contributed by atoms with van der Waals surface area (Å²) in [6.45, 7) is 0. The highest BCUT2D eigenvalue weighted by atomic mass is 32.2. The van der Waals surface area contributed by atoms with Crippen LogP contribution in [0.2, 0.25) is 0 Å². The molecule has 2 N–H and O–H groups in total. The zero-order chi connectivity index (χ0) is 12.3. The van der Waals surface area contributed by atoms with E-state index < -0.39 is 0 Å². The summed E-state index contributed by atoms with van der Waals surface area (Å²) in [6.07, 6.45) is 1.96. The van der Waals surface area contributed by atoms with Gasteiger partial charge in [-0.2, -0.15) is 5.26 Å². The van der Waals surface area contributed by atoms with E-state index in [-0.39, 0.29) is 0 Å². The van der Waals surface area contributed by atoms with E-state index in [9.17, 15) is 0 Å². The van der Waals surface area contributed by atoms with Crippen LogP contribution in [0.3, 0.4) is 0 Å². The Hall–Kier alpha value is -1.23. The van der Waals surface area contributed by atoms with Crippen LogP contribution in [-0.4, -0.2) is 16.5 Å². The molecule has 1 heterocycles. The van der Waals surface area contributed by atoms with Gasteiger partial charge >= 0.3 is 0 Å². The van der Waals surface area contributed by atoms with Crippen LogP contribution < -0.4 is 5.73 Å². The Kier molecular flexibility index (Phi) is 3.89. The third-order valence-corrected chi connectivity index (χ3v) is 4.91. The molecule has 0 atom stereocenters. The maximum Gasteiger partial charge on any atom is 0.179 e. The molecule has 0 aliphatic heterocycles. The van der Waals surface area contributed by atoms with Crippen LogP contribution in [0.15, 0.2) is 31.8 Å². The predicted molar refractivity (Wildman–Crippen MR) is 71.4 cm³/mol. The smallest absolute Gasteiger partial charge is 0.179 e. The topological polar surface area (TPSA) is 75.6 Å². The van der Waals surface area contributed by atoms with Crippen LogP contribution in [-0.2, 0) is 0 Å². The van der Waals surface area contributed by atoms with Crippen LogP contribution in [0.25, 0.3) is 0 Å². The highest BCUT2D eigenvalue weighted by Gasteiger charge is 2.09. The van der Waals surface area contributed by atoms with Crippen molar-refractivity contribution in [3.8, 4) is 6.07 Å². The number of nitrogens with zero attached hydrogens (tertiary/aromatic N) is 3. The van der Waals surface area contributed by atoms with Gasteiger partial charge in [-0.25, -0.2) is 0 Å². The molecule has 17 heavy (non-hydrogen) atoms. The number of hydrogen-bond acceptors (Lipinski definition) is 7. The van der Waals surface area contributed by atoms with Gasteiger partial charge in [-0.3, -0.25) is 0 Å². The van der Waals surface area contributed by atoms with Gasteiger partial charge in [0.15, 0.2) is 8.68 Å². The first-order valence-electron chi connectivity index (χ1n) is 4.58. The molecule has 0 aliphatic carbocycles. The summed E-state index contributed by atoms with van der Waals surface area (Å²) >= 11 is 4.51. The molecule has 7 heteroatoms. The number of thioether (sulfide) groups is 1. The summed E-state index contributed by atoms with van der Waals surface area (Å²) in [5.74, 6) is 0. The van der Waals surface area contributed by atoms with Crippen molar-refractivity contribution in [3.63, 3.8) is 0 Å². The van der Waals surface area contributed by atoms with Gasteiger partial charge in [0.2, 0.25) is 0 Å². The second-order valence-corrected chi connectivity index (χ2v) is 6.33. The number of benzene rings is 1. The van der Waals surface area contributed by atoms with E-state index in [0.29, 0.717) is 11.3 Å². The van der Waals surface area contributed by atoms with Crippen molar-refractivity contribution >= 4 is 40.5 Å². The third-order valence-electron chi connectivity index (χ3n) is 1.88. The maximum absolute atomic E-state index is 9.02. The van der Waals surface area contributed by atoms with Gasteiger partial charge in [0, 0.05) is 10.6 Å². The zero-order valence-corrected chi connectivity index (χ0v) is 11.3. The van der Waals surface area contributed by atoms with Crippen molar-refractivity contribution in [1.82, 2.24) is 10.2 Å². The molecule has 2 aromatic rings. The van der Waals surface area contributed by atoms with E-state index in [0.717, 1.165) is 13.6 Å². The van der Waals surface area contributed by atoms with Gasteiger partial charge < -0.3 is 5.73 Å². The average Bonchev–Trinajstić information content (AvgIpc) is 2.79. The highest BCUT2D eigenvalue weighted by Crippen LogP contribution is 2.34. The predicted octanol–water partition coefficient (Wildman–Crippen LogP) is 2.87. The lowest BCUT2D eigenvalue weighted by molar-refractivity contribution is 0.955. The van der Waals surface area contributed by atoms with E-state index in [4.69, 9.17) is 11.0 Å². The minimum Gasteiger partial charge on any atom is -0.399 e.